The highest BCUT2D eigenvalue weighted by molar-refractivity contribution is 5.88. The molecule has 0 bridgehead atoms. The molecule has 0 radical (unpaired) electrons. The molecule has 0 saturated heterocycles. The van der Waals surface area contributed by atoms with Crippen LogP contribution < -0.4 is 11.1 Å². The van der Waals surface area contributed by atoms with Crippen molar-refractivity contribution < 1.29 is 4.79 Å². The molecule has 20 heavy (non-hydrogen) atoms. The summed E-state index contributed by atoms with van der Waals surface area (Å²) < 4.78 is 1.61. The number of hydrogen-bond donors (Lipinski definition) is 2. The quantitative estimate of drug-likeness (QED) is 0.810. The van der Waals surface area contributed by atoms with E-state index >= 15 is 0 Å². The van der Waals surface area contributed by atoms with Gasteiger partial charge in [0.2, 0.25) is 11.9 Å². The number of carbonyl (C=O) groups is 1. The summed E-state index contributed by atoms with van der Waals surface area (Å²) in [5.41, 5.74) is 7.59. The predicted molar refractivity (Wildman–Crippen MR) is 78.0 cm³/mol. The van der Waals surface area contributed by atoms with Crippen molar-refractivity contribution in [2.75, 3.05) is 11.1 Å². The molecule has 2 rings (SSSR count). The lowest BCUT2D eigenvalue weighted by Gasteiger charge is -2.02. The number of nitrogens with zero attached hydrogens (tertiary/aromatic N) is 3. The number of aromatic nitrogens is 3. The first-order chi connectivity index (χ1) is 9.54. The first-order valence-electron chi connectivity index (χ1n) is 6.25. The highest BCUT2D eigenvalue weighted by Gasteiger charge is 2.07. The summed E-state index contributed by atoms with van der Waals surface area (Å²) in [5, 5.41) is 7.21. The molecule has 0 amide bonds. The van der Waals surface area contributed by atoms with Crippen molar-refractivity contribution in [1.29, 1.82) is 0 Å². The van der Waals surface area contributed by atoms with E-state index in [1.165, 1.54) is 13.0 Å². The van der Waals surface area contributed by atoms with Crippen LogP contribution in [-0.4, -0.2) is 20.5 Å². The number of anilines is 2. The van der Waals surface area contributed by atoms with E-state index in [0.29, 0.717) is 24.1 Å². The lowest BCUT2D eigenvalue weighted by Crippen LogP contribution is -2.06. The molecule has 0 saturated carbocycles. The van der Waals surface area contributed by atoms with Crippen LogP contribution in [0.4, 0.5) is 11.9 Å². The fraction of sp³-hybridized carbons (Fsp3) is 0.214. The standard InChI is InChI=1S/C14H17N5O/c1-10(8-11(2)20)16-14-17-13(15)19(18-14)9-12-6-4-3-5-7-12/h3-8H,9H2,1-2H3,(H3,15,16,17,18)/b10-8-. The molecule has 0 spiro atoms. The van der Waals surface area contributed by atoms with Crippen molar-refractivity contribution in [3.8, 4) is 0 Å². The molecule has 2 aromatic rings. The van der Waals surface area contributed by atoms with Crippen molar-refractivity contribution in [1.82, 2.24) is 14.8 Å². The Bertz CT molecular complexity index is 630. The van der Waals surface area contributed by atoms with E-state index in [1.807, 2.05) is 30.3 Å². The Balaban J connectivity index is 2.12. The van der Waals surface area contributed by atoms with Crippen LogP contribution in [0.3, 0.4) is 0 Å². The van der Waals surface area contributed by atoms with E-state index in [2.05, 4.69) is 15.4 Å². The Morgan fingerprint density at radius 2 is 2.05 bits per heavy atom. The number of nitrogens with two attached hydrogens (primary N) is 1. The van der Waals surface area contributed by atoms with Crippen molar-refractivity contribution >= 4 is 17.7 Å². The fourth-order valence-corrected chi connectivity index (χ4v) is 1.80. The molecule has 0 aliphatic rings. The maximum atomic E-state index is 11.0. The second-order valence-corrected chi connectivity index (χ2v) is 4.50. The van der Waals surface area contributed by atoms with Crippen LogP contribution in [-0.2, 0) is 11.3 Å². The van der Waals surface area contributed by atoms with Gasteiger partial charge in [0.1, 0.15) is 0 Å². The highest BCUT2D eigenvalue weighted by Crippen LogP contribution is 2.10. The van der Waals surface area contributed by atoms with Gasteiger partial charge in [-0.15, -0.1) is 5.10 Å². The normalized spacial score (nSPS) is 11.4. The van der Waals surface area contributed by atoms with Crippen molar-refractivity contribution in [2.45, 2.75) is 20.4 Å². The molecule has 6 nitrogen and oxygen atoms in total. The number of nitrogens with one attached hydrogen (secondary N) is 1. The minimum absolute atomic E-state index is 0.0355. The van der Waals surface area contributed by atoms with Crippen LogP contribution in [0.2, 0.25) is 0 Å². The van der Waals surface area contributed by atoms with E-state index in [-0.39, 0.29) is 5.78 Å². The summed E-state index contributed by atoms with van der Waals surface area (Å²) in [6.07, 6.45) is 1.48. The lowest BCUT2D eigenvalue weighted by molar-refractivity contribution is -0.112. The van der Waals surface area contributed by atoms with Crippen molar-refractivity contribution in [3.05, 3.63) is 47.7 Å². The monoisotopic (exact) mass is 271 g/mol. The lowest BCUT2D eigenvalue weighted by atomic mass is 10.2. The zero-order valence-electron chi connectivity index (χ0n) is 11.5. The highest BCUT2D eigenvalue weighted by atomic mass is 16.1. The Morgan fingerprint density at radius 3 is 2.70 bits per heavy atom. The van der Waals surface area contributed by atoms with E-state index in [4.69, 9.17) is 5.73 Å². The van der Waals surface area contributed by atoms with Crippen LogP contribution >= 0.6 is 0 Å². The molecule has 1 aromatic heterocycles. The minimum atomic E-state index is -0.0355. The smallest absolute Gasteiger partial charge is 0.248 e. The third-order valence-electron chi connectivity index (χ3n) is 2.60. The van der Waals surface area contributed by atoms with Crippen LogP contribution in [0, 0.1) is 0 Å². The summed E-state index contributed by atoms with van der Waals surface area (Å²) in [6, 6.07) is 9.87. The number of rotatable bonds is 5. The van der Waals surface area contributed by atoms with Gasteiger partial charge in [-0.05, 0) is 25.5 Å². The van der Waals surface area contributed by atoms with Gasteiger partial charge in [-0.25, -0.2) is 4.68 Å². The zero-order valence-corrected chi connectivity index (χ0v) is 11.5. The number of benzene rings is 1. The molecule has 0 aliphatic heterocycles. The maximum absolute atomic E-state index is 11.0. The fourth-order valence-electron chi connectivity index (χ4n) is 1.80. The Hall–Kier alpha value is -2.63. The van der Waals surface area contributed by atoms with Gasteiger partial charge >= 0.3 is 0 Å². The van der Waals surface area contributed by atoms with E-state index in [0.717, 1.165) is 5.56 Å². The number of nitrogen functional groups attached to an aromatic ring is 1. The predicted octanol–water partition coefficient (Wildman–Crippen LogP) is 1.81. The molecular weight excluding hydrogens is 254 g/mol. The average molecular weight is 271 g/mol. The molecule has 0 atom stereocenters. The van der Waals surface area contributed by atoms with Gasteiger partial charge in [0.25, 0.3) is 0 Å². The van der Waals surface area contributed by atoms with Crippen molar-refractivity contribution in [3.63, 3.8) is 0 Å². The third kappa shape index (κ3) is 3.68. The summed E-state index contributed by atoms with van der Waals surface area (Å²) in [4.78, 5) is 15.1. The van der Waals surface area contributed by atoms with Gasteiger partial charge in [-0.2, -0.15) is 4.98 Å². The second kappa shape index (κ2) is 6.01. The number of carbonyl (C=O) groups excluding carboxylic acids is 1. The molecule has 104 valence electrons. The number of hydrogen-bond acceptors (Lipinski definition) is 5. The Labute approximate surface area is 117 Å². The minimum Gasteiger partial charge on any atom is -0.368 e. The molecule has 0 aliphatic carbocycles. The van der Waals surface area contributed by atoms with Gasteiger partial charge < -0.3 is 11.1 Å². The Kier molecular flexibility index (Phi) is 4.14. The molecular formula is C14H17N5O. The van der Waals surface area contributed by atoms with Crippen LogP contribution in [0.25, 0.3) is 0 Å². The largest absolute Gasteiger partial charge is 0.368 e. The molecule has 0 unspecified atom stereocenters. The van der Waals surface area contributed by atoms with Gasteiger partial charge in [0.15, 0.2) is 5.78 Å². The average Bonchev–Trinajstić information content (AvgIpc) is 2.69. The van der Waals surface area contributed by atoms with Crippen LogP contribution in [0.5, 0.6) is 0 Å². The zero-order chi connectivity index (χ0) is 14.5. The summed E-state index contributed by atoms with van der Waals surface area (Å²) >= 11 is 0. The first-order valence-corrected chi connectivity index (χ1v) is 6.25. The maximum Gasteiger partial charge on any atom is 0.248 e. The third-order valence-corrected chi connectivity index (χ3v) is 2.60. The summed E-state index contributed by atoms with van der Waals surface area (Å²) in [5.74, 6) is 0.673. The van der Waals surface area contributed by atoms with Crippen LogP contribution in [0.15, 0.2) is 42.1 Å². The van der Waals surface area contributed by atoms with Crippen LogP contribution in [0.1, 0.15) is 19.4 Å². The van der Waals surface area contributed by atoms with Crippen molar-refractivity contribution in [2.24, 2.45) is 0 Å². The van der Waals surface area contributed by atoms with E-state index < -0.39 is 0 Å². The van der Waals surface area contributed by atoms with E-state index in [9.17, 15) is 4.79 Å². The van der Waals surface area contributed by atoms with Gasteiger partial charge in [-0.1, -0.05) is 30.3 Å². The van der Waals surface area contributed by atoms with Gasteiger partial charge in [-0.3, -0.25) is 4.79 Å². The Morgan fingerprint density at radius 1 is 1.35 bits per heavy atom. The number of allylic oxidation sites excluding steroid dienone is 2. The second-order valence-electron chi connectivity index (χ2n) is 4.50. The summed E-state index contributed by atoms with van der Waals surface area (Å²) in [7, 11) is 0. The SMILES string of the molecule is CC(=O)/C=C(/C)Nc1nc(N)n(Cc2ccccc2)n1. The van der Waals surface area contributed by atoms with E-state index in [1.54, 1.807) is 11.6 Å². The molecule has 1 heterocycles. The molecule has 1 aromatic carbocycles. The molecule has 0 fully saturated rings. The van der Waals surface area contributed by atoms with Gasteiger partial charge in [0.05, 0.1) is 6.54 Å². The number of ketones is 1. The first kappa shape index (κ1) is 13.8. The van der Waals surface area contributed by atoms with Gasteiger partial charge in [0, 0.05) is 5.70 Å². The summed E-state index contributed by atoms with van der Waals surface area (Å²) in [6.45, 7) is 3.81. The topological polar surface area (TPSA) is 85.8 Å². The molecule has 3 N–H and O–H groups in total. The molecule has 6 heteroatoms.